The van der Waals surface area contributed by atoms with E-state index in [-0.39, 0.29) is 5.75 Å². The normalized spacial score (nSPS) is 16.2. The molecule has 25 heavy (non-hydrogen) atoms. The van der Waals surface area contributed by atoms with Crippen molar-refractivity contribution in [3.63, 3.8) is 0 Å². The van der Waals surface area contributed by atoms with Crippen molar-refractivity contribution >= 4 is 15.7 Å². The van der Waals surface area contributed by atoms with Crippen LogP contribution in [0.5, 0.6) is 5.75 Å². The first-order chi connectivity index (χ1) is 12.1. The van der Waals surface area contributed by atoms with E-state index in [1.165, 1.54) is 0 Å². The van der Waals surface area contributed by atoms with Gasteiger partial charge >= 0.3 is 0 Å². The Morgan fingerprint density at radius 3 is 2.52 bits per heavy atom. The van der Waals surface area contributed by atoms with E-state index < -0.39 is 10.0 Å². The number of nitrogens with one attached hydrogen (secondary N) is 1. The molecule has 0 amide bonds. The second-order valence-corrected chi connectivity index (χ2v) is 8.35. The average molecular weight is 370 g/mol. The van der Waals surface area contributed by atoms with Crippen LogP contribution in [-0.4, -0.2) is 65.4 Å². The van der Waals surface area contributed by atoms with Crippen LogP contribution in [0.4, 0.5) is 5.69 Å². The standard InChI is InChI=1S/C18H31N3O3S/c1-3-4-16-25(22,23)19-10-7-11-20-12-14-21(15-13-20)17-8-5-6-9-18(17)24-2/h5-6,8-9,19H,3-4,7,10-16H2,1-2H3. The van der Waals surface area contributed by atoms with Crippen molar-refractivity contribution in [1.29, 1.82) is 0 Å². The van der Waals surface area contributed by atoms with E-state index in [4.69, 9.17) is 4.74 Å². The van der Waals surface area contributed by atoms with E-state index in [0.717, 1.165) is 63.4 Å². The predicted molar refractivity (Wildman–Crippen MR) is 103 cm³/mol. The number of para-hydroxylation sites is 2. The second kappa shape index (κ2) is 9.99. The summed E-state index contributed by atoms with van der Waals surface area (Å²) in [7, 11) is -1.38. The Bertz CT molecular complexity index is 614. The summed E-state index contributed by atoms with van der Waals surface area (Å²) in [6.07, 6.45) is 2.47. The highest BCUT2D eigenvalue weighted by Gasteiger charge is 2.19. The zero-order chi connectivity index (χ0) is 18.1. The molecule has 142 valence electrons. The van der Waals surface area contributed by atoms with E-state index >= 15 is 0 Å². The number of rotatable bonds is 10. The molecule has 1 N–H and O–H groups in total. The summed E-state index contributed by atoms with van der Waals surface area (Å²) >= 11 is 0. The van der Waals surface area contributed by atoms with Gasteiger partial charge in [-0.2, -0.15) is 0 Å². The van der Waals surface area contributed by atoms with E-state index in [1.54, 1.807) is 7.11 Å². The topological polar surface area (TPSA) is 61.9 Å². The van der Waals surface area contributed by atoms with Crippen molar-refractivity contribution < 1.29 is 13.2 Å². The molecule has 6 nitrogen and oxygen atoms in total. The maximum atomic E-state index is 11.8. The van der Waals surface area contributed by atoms with Crippen molar-refractivity contribution in [2.75, 3.05) is 57.0 Å². The van der Waals surface area contributed by atoms with E-state index in [1.807, 2.05) is 25.1 Å². The molecule has 0 unspecified atom stereocenters. The Morgan fingerprint density at radius 1 is 1.12 bits per heavy atom. The molecular formula is C18H31N3O3S. The molecule has 7 heteroatoms. The Balaban J connectivity index is 1.69. The third kappa shape index (κ3) is 6.49. The van der Waals surface area contributed by atoms with Crippen molar-refractivity contribution in [3.8, 4) is 5.75 Å². The van der Waals surface area contributed by atoms with Crippen LogP contribution in [0.15, 0.2) is 24.3 Å². The highest BCUT2D eigenvalue weighted by Crippen LogP contribution is 2.28. The van der Waals surface area contributed by atoms with Crippen LogP contribution in [0.2, 0.25) is 0 Å². The summed E-state index contributed by atoms with van der Waals surface area (Å²) in [5.41, 5.74) is 1.15. The molecular weight excluding hydrogens is 338 g/mol. The number of hydrogen-bond donors (Lipinski definition) is 1. The molecule has 0 saturated carbocycles. The first-order valence-corrected chi connectivity index (χ1v) is 10.8. The van der Waals surface area contributed by atoms with Gasteiger partial charge in [0, 0.05) is 32.7 Å². The largest absolute Gasteiger partial charge is 0.495 e. The van der Waals surface area contributed by atoms with Gasteiger partial charge in [-0.3, -0.25) is 4.90 Å². The minimum atomic E-state index is -3.09. The summed E-state index contributed by atoms with van der Waals surface area (Å²) in [5, 5.41) is 0. The Hall–Kier alpha value is -1.31. The molecule has 2 rings (SSSR count). The van der Waals surface area contributed by atoms with E-state index in [2.05, 4.69) is 20.6 Å². The second-order valence-electron chi connectivity index (χ2n) is 6.42. The van der Waals surface area contributed by atoms with Gasteiger partial charge in [-0.05, 0) is 31.5 Å². The molecule has 1 heterocycles. The van der Waals surface area contributed by atoms with Crippen molar-refractivity contribution in [3.05, 3.63) is 24.3 Å². The third-order valence-corrected chi connectivity index (χ3v) is 6.01. The van der Waals surface area contributed by atoms with Crippen molar-refractivity contribution in [2.45, 2.75) is 26.2 Å². The monoisotopic (exact) mass is 369 g/mol. The fourth-order valence-corrected chi connectivity index (χ4v) is 4.31. The maximum absolute atomic E-state index is 11.8. The van der Waals surface area contributed by atoms with Crippen LogP contribution in [0, 0.1) is 0 Å². The summed E-state index contributed by atoms with van der Waals surface area (Å²) in [6.45, 7) is 7.35. The summed E-state index contributed by atoms with van der Waals surface area (Å²) in [6, 6.07) is 8.11. The number of piperazine rings is 1. The molecule has 1 fully saturated rings. The van der Waals surface area contributed by atoms with Crippen LogP contribution in [0.3, 0.4) is 0 Å². The molecule has 0 radical (unpaired) electrons. The lowest BCUT2D eigenvalue weighted by Crippen LogP contribution is -2.47. The van der Waals surface area contributed by atoms with Gasteiger partial charge in [-0.1, -0.05) is 25.5 Å². The van der Waals surface area contributed by atoms with E-state index in [0.29, 0.717) is 6.54 Å². The molecule has 1 aromatic rings. The quantitative estimate of drug-likeness (QED) is 0.639. The molecule has 1 aliphatic rings. The lowest BCUT2D eigenvalue weighted by atomic mass is 10.2. The minimum absolute atomic E-state index is 0.237. The number of hydrogen-bond acceptors (Lipinski definition) is 5. The number of ether oxygens (including phenoxy) is 1. The number of methoxy groups -OCH3 is 1. The van der Waals surface area contributed by atoms with Gasteiger partial charge in [0.15, 0.2) is 0 Å². The molecule has 0 bridgehead atoms. The van der Waals surface area contributed by atoms with Crippen LogP contribution in [-0.2, 0) is 10.0 Å². The highest BCUT2D eigenvalue weighted by atomic mass is 32.2. The fourth-order valence-electron chi connectivity index (χ4n) is 3.04. The van der Waals surface area contributed by atoms with Crippen LogP contribution in [0.1, 0.15) is 26.2 Å². The molecule has 0 spiro atoms. The summed E-state index contributed by atoms with van der Waals surface area (Å²) in [4.78, 5) is 4.75. The fraction of sp³-hybridized carbons (Fsp3) is 0.667. The number of anilines is 1. The maximum Gasteiger partial charge on any atom is 0.211 e. The van der Waals surface area contributed by atoms with E-state index in [9.17, 15) is 8.42 Å². The van der Waals surface area contributed by atoms with Crippen molar-refractivity contribution in [1.82, 2.24) is 9.62 Å². The Morgan fingerprint density at radius 2 is 1.84 bits per heavy atom. The van der Waals surface area contributed by atoms with Gasteiger partial charge in [0.05, 0.1) is 18.6 Å². The van der Waals surface area contributed by atoms with Gasteiger partial charge < -0.3 is 9.64 Å². The zero-order valence-electron chi connectivity index (χ0n) is 15.4. The summed E-state index contributed by atoms with van der Waals surface area (Å²) in [5.74, 6) is 1.15. The van der Waals surface area contributed by atoms with Crippen LogP contribution >= 0.6 is 0 Å². The van der Waals surface area contributed by atoms with Crippen molar-refractivity contribution in [2.24, 2.45) is 0 Å². The molecule has 1 aliphatic heterocycles. The zero-order valence-corrected chi connectivity index (χ0v) is 16.2. The highest BCUT2D eigenvalue weighted by molar-refractivity contribution is 7.89. The summed E-state index contributed by atoms with van der Waals surface area (Å²) < 4.78 is 31.7. The van der Waals surface area contributed by atoms with Gasteiger partial charge in [0.25, 0.3) is 0 Å². The van der Waals surface area contributed by atoms with Crippen LogP contribution < -0.4 is 14.4 Å². The van der Waals surface area contributed by atoms with Crippen LogP contribution in [0.25, 0.3) is 0 Å². The van der Waals surface area contributed by atoms with Gasteiger partial charge in [-0.15, -0.1) is 0 Å². The SMILES string of the molecule is CCCCS(=O)(=O)NCCCN1CCN(c2ccccc2OC)CC1. The molecule has 0 aromatic heterocycles. The lowest BCUT2D eigenvalue weighted by Gasteiger charge is -2.36. The minimum Gasteiger partial charge on any atom is -0.495 e. The van der Waals surface area contributed by atoms with Gasteiger partial charge in [0.1, 0.15) is 5.75 Å². The molecule has 0 atom stereocenters. The number of nitrogens with zero attached hydrogens (tertiary/aromatic N) is 2. The number of sulfonamides is 1. The smallest absolute Gasteiger partial charge is 0.211 e. The number of unbranched alkanes of at least 4 members (excludes halogenated alkanes) is 1. The molecule has 0 aliphatic carbocycles. The predicted octanol–water partition coefficient (Wildman–Crippen LogP) is 1.93. The Labute approximate surface area is 152 Å². The third-order valence-electron chi connectivity index (χ3n) is 4.54. The molecule has 1 saturated heterocycles. The Kier molecular flexibility index (Phi) is 7.99. The first kappa shape index (κ1) is 20.0. The number of benzene rings is 1. The lowest BCUT2D eigenvalue weighted by molar-refractivity contribution is 0.254. The van der Waals surface area contributed by atoms with Gasteiger partial charge in [0.2, 0.25) is 10.0 Å². The average Bonchev–Trinajstić information content (AvgIpc) is 2.64. The van der Waals surface area contributed by atoms with Gasteiger partial charge in [-0.25, -0.2) is 13.1 Å². The first-order valence-electron chi connectivity index (χ1n) is 9.13. The molecule has 1 aromatic carbocycles.